The first-order valence-corrected chi connectivity index (χ1v) is 6.84. The van der Waals surface area contributed by atoms with Crippen LogP contribution in [0.1, 0.15) is 32.3 Å². The number of aliphatic hydroxyl groups is 1. The highest BCUT2D eigenvalue weighted by Crippen LogP contribution is 2.11. The van der Waals surface area contributed by atoms with Gasteiger partial charge in [0.15, 0.2) is 0 Å². The van der Waals surface area contributed by atoms with Crippen LogP contribution in [0.2, 0.25) is 0 Å². The fraction of sp³-hybridized carbons (Fsp3) is 0.600. The van der Waals surface area contributed by atoms with Crippen LogP contribution in [-0.2, 0) is 11.2 Å². The van der Waals surface area contributed by atoms with Gasteiger partial charge < -0.3 is 15.2 Å². The summed E-state index contributed by atoms with van der Waals surface area (Å²) in [7, 11) is 0. The normalized spacial score (nSPS) is 12.4. The Hall–Kier alpha value is -1.06. The third-order valence-corrected chi connectivity index (χ3v) is 2.83. The molecular formula is C15H25NO2. The minimum absolute atomic E-state index is 0.387. The van der Waals surface area contributed by atoms with Gasteiger partial charge in [0, 0.05) is 18.8 Å². The van der Waals surface area contributed by atoms with E-state index in [4.69, 9.17) is 4.74 Å². The van der Waals surface area contributed by atoms with Crippen LogP contribution < -0.4 is 5.32 Å². The molecule has 0 fully saturated rings. The van der Waals surface area contributed by atoms with E-state index in [-0.39, 0.29) is 0 Å². The van der Waals surface area contributed by atoms with Crippen LogP contribution in [0.15, 0.2) is 24.3 Å². The van der Waals surface area contributed by atoms with E-state index < -0.39 is 6.10 Å². The van der Waals surface area contributed by atoms with Crippen molar-refractivity contribution in [3.8, 4) is 0 Å². The Balaban J connectivity index is 2.30. The number of aliphatic hydroxyl groups excluding tert-OH is 1. The molecule has 1 aromatic rings. The van der Waals surface area contributed by atoms with Gasteiger partial charge in [-0.05, 0) is 37.5 Å². The maximum absolute atomic E-state index is 9.62. The molecule has 0 spiro atoms. The lowest BCUT2D eigenvalue weighted by atomic mass is 10.1. The Labute approximate surface area is 110 Å². The lowest BCUT2D eigenvalue weighted by molar-refractivity contribution is 0.0496. The summed E-state index contributed by atoms with van der Waals surface area (Å²) >= 11 is 0. The van der Waals surface area contributed by atoms with Crippen LogP contribution in [0, 0.1) is 0 Å². The Morgan fingerprint density at radius 3 is 2.56 bits per heavy atom. The first kappa shape index (κ1) is 15.0. The first-order chi connectivity index (χ1) is 8.76. The van der Waals surface area contributed by atoms with Crippen LogP contribution in [0.3, 0.4) is 0 Å². The van der Waals surface area contributed by atoms with Gasteiger partial charge in [-0.2, -0.15) is 0 Å². The zero-order valence-electron chi connectivity index (χ0n) is 11.5. The summed E-state index contributed by atoms with van der Waals surface area (Å²) in [5, 5.41) is 12.8. The number of hydrogen-bond acceptors (Lipinski definition) is 3. The van der Waals surface area contributed by atoms with Crippen LogP contribution >= 0.6 is 0 Å². The van der Waals surface area contributed by atoms with Gasteiger partial charge in [-0.15, -0.1) is 0 Å². The van der Waals surface area contributed by atoms with E-state index in [0.717, 1.165) is 12.1 Å². The van der Waals surface area contributed by atoms with E-state index in [1.807, 2.05) is 6.92 Å². The number of unbranched alkanes of at least 4 members (excludes halogenated alkanes) is 1. The molecule has 0 aliphatic heterocycles. The second-order valence-corrected chi connectivity index (χ2v) is 4.49. The van der Waals surface area contributed by atoms with Crippen LogP contribution in [0.5, 0.6) is 0 Å². The maximum atomic E-state index is 9.62. The molecule has 0 saturated carbocycles. The van der Waals surface area contributed by atoms with Crippen molar-refractivity contribution in [2.75, 3.05) is 25.1 Å². The minimum Gasteiger partial charge on any atom is -0.389 e. The highest BCUT2D eigenvalue weighted by Gasteiger charge is 2.03. The number of benzene rings is 1. The molecule has 1 atom stereocenters. The third-order valence-electron chi connectivity index (χ3n) is 2.83. The van der Waals surface area contributed by atoms with Gasteiger partial charge in [0.1, 0.15) is 0 Å². The van der Waals surface area contributed by atoms with Crippen molar-refractivity contribution in [2.45, 2.75) is 39.2 Å². The molecule has 0 saturated heterocycles. The van der Waals surface area contributed by atoms with Crippen LogP contribution in [-0.4, -0.2) is 31.0 Å². The van der Waals surface area contributed by atoms with Crippen molar-refractivity contribution < 1.29 is 9.84 Å². The molecule has 3 heteroatoms. The van der Waals surface area contributed by atoms with Crippen molar-refractivity contribution in [3.63, 3.8) is 0 Å². The smallest absolute Gasteiger partial charge is 0.0945 e. The lowest BCUT2D eigenvalue weighted by Gasteiger charge is -2.13. The topological polar surface area (TPSA) is 41.5 Å². The lowest BCUT2D eigenvalue weighted by Crippen LogP contribution is -2.24. The van der Waals surface area contributed by atoms with E-state index >= 15 is 0 Å². The molecule has 2 N–H and O–H groups in total. The summed E-state index contributed by atoms with van der Waals surface area (Å²) in [6.45, 7) is 5.68. The Kier molecular flexibility index (Phi) is 7.46. The molecule has 0 heterocycles. The monoisotopic (exact) mass is 251 g/mol. The van der Waals surface area contributed by atoms with Gasteiger partial charge in [-0.25, -0.2) is 0 Å². The summed E-state index contributed by atoms with van der Waals surface area (Å²) in [4.78, 5) is 0. The summed E-state index contributed by atoms with van der Waals surface area (Å²) in [6, 6.07) is 8.43. The molecule has 0 bridgehead atoms. The average molecular weight is 251 g/mol. The number of nitrogens with one attached hydrogen (secondary N) is 1. The zero-order valence-corrected chi connectivity index (χ0v) is 11.5. The molecule has 0 amide bonds. The van der Waals surface area contributed by atoms with Crippen molar-refractivity contribution in [1.82, 2.24) is 0 Å². The molecule has 1 unspecified atom stereocenters. The maximum Gasteiger partial charge on any atom is 0.0945 e. The molecular weight excluding hydrogens is 226 g/mol. The van der Waals surface area contributed by atoms with Crippen LogP contribution in [0.4, 0.5) is 5.69 Å². The minimum atomic E-state index is -0.454. The summed E-state index contributed by atoms with van der Waals surface area (Å²) < 4.78 is 5.16. The van der Waals surface area contributed by atoms with Crippen molar-refractivity contribution in [1.29, 1.82) is 0 Å². The molecule has 1 rings (SSSR count). The Bertz CT molecular complexity index is 311. The number of aryl methyl sites for hydroxylation is 1. The van der Waals surface area contributed by atoms with Crippen molar-refractivity contribution in [2.24, 2.45) is 0 Å². The van der Waals surface area contributed by atoms with Crippen LogP contribution in [0.25, 0.3) is 0 Å². The van der Waals surface area contributed by atoms with Gasteiger partial charge in [-0.1, -0.05) is 25.5 Å². The molecule has 3 nitrogen and oxygen atoms in total. The first-order valence-electron chi connectivity index (χ1n) is 6.84. The SMILES string of the molecule is CCCCc1ccc(NCC(O)COCC)cc1. The molecule has 1 aromatic carbocycles. The van der Waals surface area contributed by atoms with Crippen molar-refractivity contribution >= 4 is 5.69 Å². The molecule has 0 aliphatic rings. The fourth-order valence-electron chi connectivity index (χ4n) is 1.72. The predicted octanol–water partition coefficient (Wildman–Crippen LogP) is 2.84. The third kappa shape index (κ3) is 6.03. The number of rotatable bonds is 9. The molecule has 0 aromatic heterocycles. The van der Waals surface area contributed by atoms with E-state index in [9.17, 15) is 5.11 Å². The van der Waals surface area contributed by atoms with Gasteiger partial charge in [0.25, 0.3) is 0 Å². The second-order valence-electron chi connectivity index (χ2n) is 4.49. The summed E-state index contributed by atoms with van der Waals surface area (Å²) in [5.41, 5.74) is 2.42. The van der Waals surface area contributed by atoms with E-state index in [2.05, 4.69) is 36.5 Å². The van der Waals surface area contributed by atoms with Gasteiger partial charge in [0.05, 0.1) is 12.7 Å². The number of hydrogen-bond donors (Lipinski definition) is 2. The average Bonchev–Trinajstić information content (AvgIpc) is 2.41. The Morgan fingerprint density at radius 2 is 1.94 bits per heavy atom. The van der Waals surface area contributed by atoms with E-state index in [1.54, 1.807) is 0 Å². The quantitative estimate of drug-likeness (QED) is 0.709. The number of ether oxygens (including phenoxy) is 1. The zero-order chi connectivity index (χ0) is 13.2. The highest BCUT2D eigenvalue weighted by atomic mass is 16.5. The van der Waals surface area contributed by atoms with Gasteiger partial charge >= 0.3 is 0 Å². The predicted molar refractivity (Wildman–Crippen MR) is 76.0 cm³/mol. The van der Waals surface area contributed by atoms with E-state index in [1.165, 1.54) is 18.4 Å². The summed E-state index contributed by atoms with van der Waals surface area (Å²) in [6.07, 6.45) is 3.15. The van der Waals surface area contributed by atoms with E-state index in [0.29, 0.717) is 19.8 Å². The van der Waals surface area contributed by atoms with Gasteiger partial charge in [-0.3, -0.25) is 0 Å². The Morgan fingerprint density at radius 1 is 1.22 bits per heavy atom. The van der Waals surface area contributed by atoms with Gasteiger partial charge in [0.2, 0.25) is 0 Å². The molecule has 0 aliphatic carbocycles. The second kappa shape index (κ2) is 8.95. The number of anilines is 1. The fourth-order valence-corrected chi connectivity index (χ4v) is 1.72. The summed E-state index contributed by atoms with van der Waals surface area (Å²) in [5.74, 6) is 0. The highest BCUT2D eigenvalue weighted by molar-refractivity contribution is 5.44. The van der Waals surface area contributed by atoms with Crippen molar-refractivity contribution in [3.05, 3.63) is 29.8 Å². The molecule has 18 heavy (non-hydrogen) atoms. The molecule has 102 valence electrons. The molecule has 0 radical (unpaired) electrons. The largest absolute Gasteiger partial charge is 0.389 e. The standard InChI is InChI=1S/C15H25NO2/c1-3-5-6-13-7-9-14(10-8-13)16-11-15(17)12-18-4-2/h7-10,15-17H,3-6,11-12H2,1-2H3.